The second kappa shape index (κ2) is 10.2. The second-order valence-corrected chi connectivity index (χ2v) is 9.38. The van der Waals surface area contributed by atoms with Gasteiger partial charge < -0.3 is 0 Å². The molecule has 0 aliphatic rings. The zero-order valence-corrected chi connectivity index (χ0v) is 18.9. The van der Waals surface area contributed by atoms with E-state index >= 15 is 0 Å². The minimum atomic E-state index is 0.976. The van der Waals surface area contributed by atoms with Gasteiger partial charge in [0.15, 0.2) is 0 Å². The van der Waals surface area contributed by atoms with E-state index in [-0.39, 0.29) is 0 Å². The molecule has 0 aliphatic heterocycles. The Bertz CT molecular complexity index is 825. The second-order valence-electron chi connectivity index (χ2n) is 7.17. The van der Waals surface area contributed by atoms with Crippen molar-refractivity contribution in [1.82, 2.24) is 19.6 Å². The number of hydrogen-bond acceptors (Lipinski definition) is 4. The van der Waals surface area contributed by atoms with Crippen molar-refractivity contribution in [3.05, 3.63) is 70.3 Å². The largest absolute Gasteiger partial charge is 0.269 e. The van der Waals surface area contributed by atoms with Crippen LogP contribution in [0.2, 0.25) is 0 Å². The molecule has 0 spiro atoms. The van der Waals surface area contributed by atoms with Crippen LogP contribution in [0.5, 0.6) is 0 Å². The summed E-state index contributed by atoms with van der Waals surface area (Å²) in [6.07, 6.45) is 0. The van der Waals surface area contributed by atoms with Gasteiger partial charge in [0.25, 0.3) is 0 Å². The topological polar surface area (TPSA) is 35.6 Å². The highest BCUT2D eigenvalue weighted by atomic mass is 32.2. The van der Waals surface area contributed by atoms with Crippen molar-refractivity contribution in [2.45, 2.75) is 52.3 Å². The van der Waals surface area contributed by atoms with Crippen LogP contribution >= 0.6 is 23.5 Å². The average Bonchev–Trinajstić information content (AvgIpc) is 3.16. The van der Waals surface area contributed by atoms with Crippen LogP contribution < -0.4 is 0 Å². The molecule has 0 aliphatic carbocycles. The fraction of sp³-hybridized carbons (Fsp3) is 0.455. The summed E-state index contributed by atoms with van der Waals surface area (Å²) in [5.41, 5.74) is 7.62. The van der Waals surface area contributed by atoms with Crippen molar-refractivity contribution in [3.8, 4) is 0 Å². The molecule has 0 saturated carbocycles. The van der Waals surface area contributed by atoms with Crippen molar-refractivity contribution in [2.24, 2.45) is 0 Å². The number of benzene rings is 1. The molecule has 0 fully saturated rings. The van der Waals surface area contributed by atoms with E-state index in [0.717, 1.165) is 47.5 Å². The van der Waals surface area contributed by atoms with Gasteiger partial charge in [-0.25, -0.2) is 0 Å². The minimum Gasteiger partial charge on any atom is -0.269 e. The van der Waals surface area contributed by atoms with Gasteiger partial charge in [0.2, 0.25) is 0 Å². The Hall–Kier alpha value is -1.66. The highest BCUT2D eigenvalue weighted by molar-refractivity contribution is 7.98. The first-order chi connectivity index (χ1) is 13.5. The molecule has 1 aromatic carbocycles. The Balaban J connectivity index is 1.43. The van der Waals surface area contributed by atoms with Crippen LogP contribution in [0.25, 0.3) is 0 Å². The predicted molar refractivity (Wildman–Crippen MR) is 122 cm³/mol. The van der Waals surface area contributed by atoms with E-state index in [0.29, 0.717) is 0 Å². The van der Waals surface area contributed by atoms with E-state index in [1.807, 2.05) is 23.5 Å². The van der Waals surface area contributed by atoms with E-state index in [9.17, 15) is 0 Å². The van der Waals surface area contributed by atoms with Crippen molar-refractivity contribution < 1.29 is 0 Å². The molecule has 0 atom stereocenters. The first-order valence-electron chi connectivity index (χ1n) is 9.77. The lowest BCUT2D eigenvalue weighted by atomic mass is 10.1. The molecule has 3 aromatic rings. The van der Waals surface area contributed by atoms with Gasteiger partial charge in [-0.3, -0.25) is 9.36 Å². The Kier molecular flexibility index (Phi) is 7.68. The molecule has 28 heavy (non-hydrogen) atoms. The minimum absolute atomic E-state index is 0.976. The summed E-state index contributed by atoms with van der Waals surface area (Å²) in [7, 11) is 0. The van der Waals surface area contributed by atoms with Gasteiger partial charge in [-0.1, -0.05) is 24.3 Å². The monoisotopic (exact) mass is 414 g/mol. The van der Waals surface area contributed by atoms with Gasteiger partial charge in [-0.2, -0.15) is 33.7 Å². The normalized spacial score (nSPS) is 11.3. The Morgan fingerprint density at radius 3 is 1.50 bits per heavy atom. The third kappa shape index (κ3) is 5.92. The summed E-state index contributed by atoms with van der Waals surface area (Å²) in [5, 5.41) is 9.10. The summed E-state index contributed by atoms with van der Waals surface area (Å²) >= 11 is 3.98. The van der Waals surface area contributed by atoms with Gasteiger partial charge >= 0.3 is 0 Å². The molecule has 6 heteroatoms. The average molecular weight is 415 g/mol. The molecule has 2 aromatic heterocycles. The van der Waals surface area contributed by atoms with Gasteiger partial charge in [-0.15, -0.1) is 0 Å². The quantitative estimate of drug-likeness (QED) is 0.428. The SMILES string of the molecule is Cc1cc(C)n(CCSCc2ccccc2CSCCn2nc(C)cc2C)n1. The van der Waals surface area contributed by atoms with Crippen molar-refractivity contribution in [1.29, 1.82) is 0 Å². The van der Waals surface area contributed by atoms with Crippen LogP contribution in [0.1, 0.15) is 33.9 Å². The maximum atomic E-state index is 4.55. The Labute approximate surface area is 177 Å². The molecule has 0 saturated heterocycles. The zero-order chi connectivity index (χ0) is 19.9. The Morgan fingerprint density at radius 1 is 0.714 bits per heavy atom. The third-order valence-corrected chi connectivity index (χ3v) is 6.71. The van der Waals surface area contributed by atoms with E-state index in [4.69, 9.17) is 0 Å². The summed E-state index contributed by atoms with van der Waals surface area (Å²) in [4.78, 5) is 0. The maximum Gasteiger partial charge on any atom is 0.0596 e. The lowest BCUT2D eigenvalue weighted by Gasteiger charge is -2.10. The zero-order valence-electron chi connectivity index (χ0n) is 17.3. The number of aryl methyl sites for hydroxylation is 6. The van der Waals surface area contributed by atoms with Crippen LogP contribution in [0, 0.1) is 27.7 Å². The molecule has 0 radical (unpaired) electrons. The maximum absolute atomic E-state index is 4.55. The van der Waals surface area contributed by atoms with Crippen LogP contribution in [-0.2, 0) is 24.6 Å². The molecular formula is C22H30N4S2. The summed E-state index contributed by atoms with van der Waals surface area (Å²) < 4.78 is 4.23. The molecule has 0 N–H and O–H groups in total. The molecule has 2 heterocycles. The molecule has 150 valence electrons. The van der Waals surface area contributed by atoms with Crippen LogP contribution in [-0.4, -0.2) is 31.1 Å². The van der Waals surface area contributed by atoms with Gasteiger partial charge in [-0.05, 0) is 51.0 Å². The first-order valence-corrected chi connectivity index (χ1v) is 12.1. The highest BCUT2D eigenvalue weighted by Gasteiger charge is 2.05. The Morgan fingerprint density at radius 2 is 1.14 bits per heavy atom. The number of nitrogens with zero attached hydrogens (tertiary/aromatic N) is 4. The van der Waals surface area contributed by atoms with E-state index < -0.39 is 0 Å². The molecule has 0 bridgehead atoms. The number of thioether (sulfide) groups is 2. The van der Waals surface area contributed by atoms with E-state index in [1.54, 1.807) is 0 Å². The van der Waals surface area contributed by atoms with Crippen molar-refractivity contribution in [2.75, 3.05) is 11.5 Å². The van der Waals surface area contributed by atoms with Crippen molar-refractivity contribution >= 4 is 23.5 Å². The van der Waals surface area contributed by atoms with Gasteiger partial charge in [0, 0.05) is 34.4 Å². The number of hydrogen-bond donors (Lipinski definition) is 0. The molecule has 0 amide bonds. The fourth-order valence-corrected chi connectivity index (χ4v) is 5.20. The van der Waals surface area contributed by atoms with Gasteiger partial charge in [0.05, 0.1) is 24.5 Å². The lowest BCUT2D eigenvalue weighted by Crippen LogP contribution is -2.05. The third-order valence-electron chi connectivity index (χ3n) is 4.74. The summed E-state index contributed by atoms with van der Waals surface area (Å²) in [5.74, 6) is 4.30. The summed E-state index contributed by atoms with van der Waals surface area (Å²) in [6, 6.07) is 13.1. The summed E-state index contributed by atoms with van der Waals surface area (Å²) in [6.45, 7) is 10.3. The lowest BCUT2D eigenvalue weighted by molar-refractivity contribution is 0.640. The van der Waals surface area contributed by atoms with Crippen LogP contribution in [0.4, 0.5) is 0 Å². The number of aromatic nitrogens is 4. The molecule has 4 nitrogen and oxygen atoms in total. The predicted octanol–water partition coefficient (Wildman–Crippen LogP) is 5.18. The van der Waals surface area contributed by atoms with Crippen molar-refractivity contribution in [3.63, 3.8) is 0 Å². The number of rotatable bonds is 10. The first kappa shape index (κ1) is 21.1. The van der Waals surface area contributed by atoms with E-state index in [2.05, 4.69) is 83.7 Å². The van der Waals surface area contributed by atoms with Gasteiger partial charge in [0.1, 0.15) is 0 Å². The smallest absolute Gasteiger partial charge is 0.0596 e. The van der Waals surface area contributed by atoms with Crippen LogP contribution in [0.15, 0.2) is 36.4 Å². The molecule has 3 rings (SSSR count). The molecule has 0 unspecified atom stereocenters. The van der Waals surface area contributed by atoms with E-state index in [1.165, 1.54) is 22.5 Å². The standard InChI is InChI=1S/C22H30N4S2/c1-17-13-19(3)25(23-17)9-11-27-15-21-7-5-6-8-22(21)16-28-12-10-26-20(4)14-18(2)24-26/h5-8,13-14H,9-12,15-16H2,1-4H3. The van der Waals surface area contributed by atoms with Crippen LogP contribution in [0.3, 0.4) is 0 Å². The molecular weight excluding hydrogens is 384 g/mol. The fourth-order valence-electron chi connectivity index (χ4n) is 3.31. The highest BCUT2D eigenvalue weighted by Crippen LogP contribution is 2.22.